The minimum absolute atomic E-state index is 0.409. The number of hydrogen-bond donors (Lipinski definition) is 2. The Morgan fingerprint density at radius 1 is 1.08 bits per heavy atom. The molecule has 0 radical (unpaired) electrons. The summed E-state index contributed by atoms with van der Waals surface area (Å²) in [5.74, 6) is 0. The molecule has 0 aliphatic heterocycles. The van der Waals surface area contributed by atoms with Gasteiger partial charge in [-0.05, 0) is 24.3 Å². The van der Waals surface area contributed by atoms with E-state index in [2.05, 4.69) is 15.6 Å². The Morgan fingerprint density at radius 2 is 1.88 bits per heavy atom. The lowest BCUT2D eigenvalue weighted by atomic mass is 10.1. The van der Waals surface area contributed by atoms with Crippen molar-refractivity contribution in [2.24, 2.45) is 0 Å². The fourth-order valence-corrected chi connectivity index (χ4v) is 3.58. The van der Waals surface area contributed by atoms with Gasteiger partial charge < -0.3 is 10.6 Å². The first kappa shape index (κ1) is 16.9. The minimum Gasteiger partial charge on any atom is -0.307 e. The van der Waals surface area contributed by atoms with Gasteiger partial charge in [0, 0.05) is 28.4 Å². The van der Waals surface area contributed by atoms with Crippen LogP contribution in [0.2, 0.25) is 10.0 Å². The monoisotopic (exact) mass is 402 g/mol. The number of nitrogens with one attached hydrogen (secondary N) is 2. The number of para-hydroxylation sites is 1. The zero-order chi connectivity index (χ0) is 18.1. The Labute approximate surface area is 163 Å². The maximum Gasteiger partial charge on any atom is 0.323 e. The number of amides is 2. The number of nitrogens with zero attached hydrogens (tertiary/aromatic N) is 2. The van der Waals surface area contributed by atoms with Gasteiger partial charge in [-0.25, -0.2) is 9.78 Å². The lowest BCUT2D eigenvalue weighted by Crippen LogP contribution is -2.20. The summed E-state index contributed by atoms with van der Waals surface area (Å²) in [6.07, 6.45) is 3.87. The molecule has 5 nitrogen and oxygen atoms in total. The van der Waals surface area contributed by atoms with E-state index in [1.165, 1.54) is 0 Å². The molecule has 4 rings (SSSR count). The van der Waals surface area contributed by atoms with Gasteiger partial charge in [0.25, 0.3) is 0 Å². The number of imidazole rings is 1. The maximum atomic E-state index is 12.4. The van der Waals surface area contributed by atoms with Crippen LogP contribution in [-0.4, -0.2) is 15.4 Å². The van der Waals surface area contributed by atoms with Gasteiger partial charge >= 0.3 is 6.03 Å². The van der Waals surface area contributed by atoms with Gasteiger partial charge in [0.2, 0.25) is 0 Å². The summed E-state index contributed by atoms with van der Waals surface area (Å²) in [6.45, 7) is 0. The van der Waals surface area contributed by atoms with Crippen molar-refractivity contribution in [3.63, 3.8) is 0 Å². The highest BCUT2D eigenvalue weighted by molar-refractivity contribution is 7.15. The second kappa shape index (κ2) is 6.99. The molecule has 0 bridgehead atoms. The van der Waals surface area contributed by atoms with E-state index in [1.807, 2.05) is 46.4 Å². The molecule has 2 aromatic carbocycles. The summed E-state index contributed by atoms with van der Waals surface area (Å²) in [5.41, 5.74) is 2.70. The number of fused-ring (bicyclic) bond motifs is 1. The Bertz CT molecular complexity index is 1080. The van der Waals surface area contributed by atoms with Crippen molar-refractivity contribution in [2.45, 2.75) is 0 Å². The lowest BCUT2D eigenvalue weighted by molar-refractivity contribution is 0.262. The van der Waals surface area contributed by atoms with E-state index in [0.29, 0.717) is 21.4 Å². The maximum absolute atomic E-state index is 12.4. The van der Waals surface area contributed by atoms with Crippen LogP contribution in [-0.2, 0) is 0 Å². The third kappa shape index (κ3) is 3.39. The van der Waals surface area contributed by atoms with Crippen molar-refractivity contribution in [2.75, 3.05) is 10.6 Å². The number of halogens is 2. The highest BCUT2D eigenvalue weighted by Crippen LogP contribution is 2.29. The summed E-state index contributed by atoms with van der Waals surface area (Å²) in [7, 11) is 0. The Hall–Kier alpha value is -2.54. The number of urea groups is 1. The van der Waals surface area contributed by atoms with Gasteiger partial charge in [-0.15, -0.1) is 11.3 Å². The molecule has 0 fully saturated rings. The van der Waals surface area contributed by atoms with E-state index in [-0.39, 0.29) is 0 Å². The number of anilines is 2. The fourth-order valence-electron chi connectivity index (χ4n) is 2.54. The van der Waals surface area contributed by atoms with Crippen LogP contribution in [0, 0.1) is 0 Å². The molecule has 0 saturated heterocycles. The topological polar surface area (TPSA) is 58.4 Å². The van der Waals surface area contributed by atoms with E-state index in [9.17, 15) is 4.79 Å². The summed E-state index contributed by atoms with van der Waals surface area (Å²) in [5, 5.41) is 8.42. The van der Waals surface area contributed by atoms with E-state index in [4.69, 9.17) is 23.2 Å². The highest BCUT2D eigenvalue weighted by atomic mass is 35.5. The first-order valence-electron chi connectivity index (χ1n) is 7.65. The predicted molar refractivity (Wildman–Crippen MR) is 108 cm³/mol. The van der Waals surface area contributed by atoms with Crippen molar-refractivity contribution in [3.05, 3.63) is 70.3 Å². The van der Waals surface area contributed by atoms with Gasteiger partial charge in [0.05, 0.1) is 22.1 Å². The average Bonchev–Trinajstić information content (AvgIpc) is 3.20. The fraction of sp³-hybridized carbons (Fsp3) is 0. The largest absolute Gasteiger partial charge is 0.323 e. The molecule has 8 heteroatoms. The predicted octanol–water partition coefficient (Wildman–Crippen LogP) is 6.01. The number of carbonyl (C=O) groups is 1. The van der Waals surface area contributed by atoms with Crippen LogP contribution in [0.3, 0.4) is 0 Å². The van der Waals surface area contributed by atoms with Crippen molar-refractivity contribution in [1.82, 2.24) is 9.38 Å². The molecular weight excluding hydrogens is 391 g/mol. The number of hydrogen-bond acceptors (Lipinski definition) is 3. The third-order valence-electron chi connectivity index (χ3n) is 3.72. The summed E-state index contributed by atoms with van der Waals surface area (Å²) >= 11 is 13.6. The van der Waals surface area contributed by atoms with Crippen LogP contribution in [0.25, 0.3) is 16.2 Å². The van der Waals surface area contributed by atoms with Gasteiger partial charge in [-0.1, -0.05) is 41.4 Å². The first-order valence-corrected chi connectivity index (χ1v) is 9.28. The van der Waals surface area contributed by atoms with Crippen LogP contribution < -0.4 is 10.6 Å². The van der Waals surface area contributed by atoms with Crippen LogP contribution in [0.1, 0.15) is 0 Å². The quantitative estimate of drug-likeness (QED) is 0.440. The number of carbonyl (C=O) groups excluding carboxylic acids is 1. The molecule has 26 heavy (non-hydrogen) atoms. The van der Waals surface area contributed by atoms with Crippen LogP contribution in [0.4, 0.5) is 16.2 Å². The zero-order valence-electron chi connectivity index (χ0n) is 13.2. The van der Waals surface area contributed by atoms with E-state index in [1.54, 1.807) is 29.5 Å². The van der Waals surface area contributed by atoms with Crippen LogP contribution in [0.5, 0.6) is 0 Å². The Morgan fingerprint density at radius 3 is 2.73 bits per heavy atom. The Balaban J connectivity index is 1.59. The second-order valence-corrected chi connectivity index (χ2v) is 7.18. The minimum atomic E-state index is -0.414. The molecule has 0 aliphatic carbocycles. The first-order chi connectivity index (χ1) is 12.6. The summed E-state index contributed by atoms with van der Waals surface area (Å²) < 4.78 is 1.95. The van der Waals surface area contributed by atoms with Gasteiger partial charge in [-0.3, -0.25) is 4.40 Å². The zero-order valence-corrected chi connectivity index (χ0v) is 15.6. The van der Waals surface area contributed by atoms with Crippen molar-refractivity contribution in [1.29, 1.82) is 0 Å². The van der Waals surface area contributed by atoms with Crippen LogP contribution >= 0.6 is 34.5 Å². The smallest absolute Gasteiger partial charge is 0.307 e. The van der Waals surface area contributed by atoms with E-state index in [0.717, 1.165) is 16.2 Å². The number of benzene rings is 2. The average molecular weight is 403 g/mol. The molecule has 4 aromatic rings. The number of aromatic nitrogens is 2. The molecular formula is C18H12Cl2N4OS. The standard InChI is InChI=1S/C18H12Cl2N4OS/c19-11-5-6-13(20)15(9-11)22-17(25)21-14-4-2-1-3-12(14)16-10-24-7-8-26-18(24)23-16/h1-10H,(H2,21,22,25). The van der Waals surface area contributed by atoms with Crippen molar-refractivity contribution in [3.8, 4) is 11.3 Å². The van der Waals surface area contributed by atoms with Crippen molar-refractivity contribution < 1.29 is 4.79 Å². The van der Waals surface area contributed by atoms with Crippen molar-refractivity contribution >= 4 is 56.9 Å². The number of rotatable bonds is 3. The summed E-state index contributed by atoms with van der Waals surface area (Å²) in [6, 6.07) is 12.0. The Kier molecular flexibility index (Phi) is 4.55. The second-order valence-electron chi connectivity index (χ2n) is 5.47. The van der Waals surface area contributed by atoms with Gasteiger partial charge in [0.1, 0.15) is 0 Å². The van der Waals surface area contributed by atoms with E-state index >= 15 is 0 Å². The van der Waals surface area contributed by atoms with Gasteiger partial charge in [0.15, 0.2) is 4.96 Å². The molecule has 2 aromatic heterocycles. The summed E-state index contributed by atoms with van der Waals surface area (Å²) in [4.78, 5) is 17.9. The van der Waals surface area contributed by atoms with Crippen LogP contribution in [0.15, 0.2) is 60.2 Å². The SMILES string of the molecule is O=C(Nc1cc(Cl)ccc1Cl)Nc1ccccc1-c1cn2ccsc2n1. The number of thiazole rings is 1. The molecule has 130 valence electrons. The highest BCUT2D eigenvalue weighted by Gasteiger charge is 2.13. The third-order valence-corrected chi connectivity index (χ3v) is 5.06. The molecule has 0 aliphatic rings. The molecule has 2 N–H and O–H groups in total. The molecule has 2 amide bonds. The molecule has 2 heterocycles. The molecule has 0 spiro atoms. The van der Waals surface area contributed by atoms with E-state index < -0.39 is 6.03 Å². The molecule has 0 atom stereocenters. The molecule has 0 unspecified atom stereocenters. The lowest BCUT2D eigenvalue weighted by Gasteiger charge is -2.12. The normalized spacial score (nSPS) is 10.8. The molecule has 0 saturated carbocycles. The van der Waals surface area contributed by atoms with Gasteiger partial charge in [-0.2, -0.15) is 0 Å².